The Morgan fingerprint density at radius 3 is 2.82 bits per heavy atom. The molecule has 0 aromatic heterocycles. The molecule has 0 bridgehead atoms. The summed E-state index contributed by atoms with van der Waals surface area (Å²) in [5.74, 6) is 3.54. The van der Waals surface area contributed by atoms with E-state index in [2.05, 4.69) is 6.92 Å². The van der Waals surface area contributed by atoms with Gasteiger partial charge in [-0.2, -0.15) is 11.8 Å². The van der Waals surface area contributed by atoms with Crippen LogP contribution in [0.4, 0.5) is 0 Å². The molecule has 0 aliphatic heterocycles. The molecule has 0 radical (unpaired) electrons. The minimum Gasteiger partial charge on any atom is -0.493 e. The Morgan fingerprint density at radius 1 is 1.35 bits per heavy atom. The van der Waals surface area contributed by atoms with E-state index in [9.17, 15) is 4.79 Å². The largest absolute Gasteiger partial charge is 0.493 e. The summed E-state index contributed by atoms with van der Waals surface area (Å²) in [5, 5.41) is 0. The molecular formula is C13H18O3S. The van der Waals surface area contributed by atoms with E-state index < -0.39 is 0 Å². The predicted molar refractivity (Wildman–Crippen MR) is 71.5 cm³/mol. The van der Waals surface area contributed by atoms with Crippen LogP contribution in [-0.4, -0.2) is 31.5 Å². The van der Waals surface area contributed by atoms with Gasteiger partial charge < -0.3 is 9.47 Å². The molecule has 0 N–H and O–H groups in total. The van der Waals surface area contributed by atoms with Crippen LogP contribution >= 0.6 is 11.8 Å². The fourth-order valence-electron chi connectivity index (χ4n) is 1.36. The van der Waals surface area contributed by atoms with Gasteiger partial charge in [0.2, 0.25) is 0 Å². The van der Waals surface area contributed by atoms with Crippen LogP contribution in [0.1, 0.15) is 23.7 Å². The number of methoxy groups -OCH3 is 1. The smallest absolute Gasteiger partial charge is 0.161 e. The van der Waals surface area contributed by atoms with E-state index in [1.165, 1.54) is 0 Å². The Labute approximate surface area is 106 Å². The van der Waals surface area contributed by atoms with Crippen molar-refractivity contribution in [1.29, 1.82) is 0 Å². The first kappa shape index (κ1) is 13.9. The third-order valence-electron chi connectivity index (χ3n) is 2.22. The van der Waals surface area contributed by atoms with Crippen molar-refractivity contribution in [1.82, 2.24) is 0 Å². The first-order valence-electron chi connectivity index (χ1n) is 5.65. The zero-order chi connectivity index (χ0) is 12.5. The average molecular weight is 254 g/mol. The van der Waals surface area contributed by atoms with Crippen molar-refractivity contribution >= 4 is 18.0 Å². The van der Waals surface area contributed by atoms with Gasteiger partial charge in [-0.3, -0.25) is 4.79 Å². The second kappa shape index (κ2) is 8.01. The fraction of sp³-hybridized carbons (Fsp3) is 0.462. The standard InChI is InChI=1S/C13H18O3S/c1-3-17-8-4-7-16-12-6-5-11(10-14)9-13(12)15-2/h5-6,9-10H,3-4,7-8H2,1-2H3. The molecule has 94 valence electrons. The molecule has 0 saturated heterocycles. The molecule has 1 aromatic rings. The molecule has 0 amide bonds. The fourth-order valence-corrected chi connectivity index (χ4v) is 1.97. The molecular weight excluding hydrogens is 236 g/mol. The lowest BCUT2D eigenvalue weighted by Crippen LogP contribution is -2.01. The van der Waals surface area contributed by atoms with Gasteiger partial charge in [0.15, 0.2) is 11.5 Å². The minimum absolute atomic E-state index is 0.593. The molecule has 0 aliphatic rings. The van der Waals surface area contributed by atoms with Crippen LogP contribution < -0.4 is 9.47 Å². The number of carbonyl (C=O) groups excluding carboxylic acids is 1. The van der Waals surface area contributed by atoms with Gasteiger partial charge in [-0.15, -0.1) is 0 Å². The summed E-state index contributed by atoms with van der Waals surface area (Å²) in [4.78, 5) is 10.6. The van der Waals surface area contributed by atoms with Crippen LogP contribution in [0.2, 0.25) is 0 Å². The van der Waals surface area contributed by atoms with E-state index in [1.54, 1.807) is 25.3 Å². The third-order valence-corrected chi connectivity index (χ3v) is 3.20. The molecule has 17 heavy (non-hydrogen) atoms. The molecule has 0 unspecified atom stereocenters. The summed E-state index contributed by atoms with van der Waals surface area (Å²) in [7, 11) is 1.57. The maximum atomic E-state index is 10.6. The lowest BCUT2D eigenvalue weighted by molar-refractivity contribution is 0.112. The monoisotopic (exact) mass is 254 g/mol. The summed E-state index contributed by atoms with van der Waals surface area (Å²) < 4.78 is 10.8. The summed E-state index contributed by atoms with van der Waals surface area (Å²) in [5.41, 5.74) is 0.593. The first-order chi connectivity index (χ1) is 8.31. The maximum Gasteiger partial charge on any atom is 0.161 e. The molecule has 0 aliphatic carbocycles. The van der Waals surface area contributed by atoms with Crippen LogP contribution in [-0.2, 0) is 0 Å². The van der Waals surface area contributed by atoms with Gasteiger partial charge in [0.25, 0.3) is 0 Å². The van der Waals surface area contributed by atoms with E-state index in [4.69, 9.17) is 9.47 Å². The van der Waals surface area contributed by atoms with Crippen LogP contribution in [0.25, 0.3) is 0 Å². The van der Waals surface area contributed by atoms with Gasteiger partial charge >= 0.3 is 0 Å². The molecule has 0 heterocycles. The summed E-state index contributed by atoms with van der Waals surface area (Å²) >= 11 is 1.90. The van der Waals surface area contributed by atoms with Gasteiger partial charge in [-0.25, -0.2) is 0 Å². The summed E-state index contributed by atoms with van der Waals surface area (Å²) in [6.07, 6.45) is 1.81. The first-order valence-corrected chi connectivity index (χ1v) is 6.81. The Balaban J connectivity index is 2.49. The highest BCUT2D eigenvalue weighted by Gasteiger charge is 2.05. The van der Waals surface area contributed by atoms with Gasteiger partial charge in [0, 0.05) is 5.56 Å². The maximum absolute atomic E-state index is 10.6. The van der Waals surface area contributed by atoms with Crippen LogP contribution in [0, 0.1) is 0 Å². The highest BCUT2D eigenvalue weighted by Crippen LogP contribution is 2.27. The number of benzene rings is 1. The Morgan fingerprint density at radius 2 is 2.18 bits per heavy atom. The topological polar surface area (TPSA) is 35.5 Å². The van der Waals surface area contributed by atoms with E-state index in [1.807, 2.05) is 11.8 Å². The van der Waals surface area contributed by atoms with E-state index in [0.29, 0.717) is 23.7 Å². The molecule has 0 fully saturated rings. The number of hydrogen-bond acceptors (Lipinski definition) is 4. The lowest BCUT2D eigenvalue weighted by Gasteiger charge is -2.10. The van der Waals surface area contributed by atoms with Crippen LogP contribution in [0.5, 0.6) is 11.5 Å². The van der Waals surface area contributed by atoms with Gasteiger partial charge in [-0.05, 0) is 36.1 Å². The van der Waals surface area contributed by atoms with Gasteiger partial charge in [-0.1, -0.05) is 6.92 Å². The van der Waals surface area contributed by atoms with Crippen molar-refractivity contribution in [2.45, 2.75) is 13.3 Å². The van der Waals surface area contributed by atoms with Crippen LogP contribution in [0.15, 0.2) is 18.2 Å². The zero-order valence-electron chi connectivity index (χ0n) is 10.3. The number of ether oxygens (including phenoxy) is 2. The number of aldehydes is 1. The quantitative estimate of drug-likeness (QED) is 0.527. The Hall–Kier alpha value is -1.16. The third kappa shape index (κ3) is 4.69. The van der Waals surface area contributed by atoms with Gasteiger partial charge in [0.1, 0.15) is 6.29 Å². The Bertz CT molecular complexity index is 353. The molecule has 1 aromatic carbocycles. The van der Waals surface area contributed by atoms with E-state index >= 15 is 0 Å². The van der Waals surface area contributed by atoms with Crippen molar-refractivity contribution in [3.63, 3.8) is 0 Å². The molecule has 1 rings (SSSR count). The molecule has 4 heteroatoms. The molecule has 0 atom stereocenters. The second-order valence-corrected chi connectivity index (χ2v) is 4.82. The molecule has 0 spiro atoms. The highest BCUT2D eigenvalue weighted by molar-refractivity contribution is 7.99. The SMILES string of the molecule is CCSCCCOc1ccc(C=O)cc1OC. The zero-order valence-corrected chi connectivity index (χ0v) is 11.1. The van der Waals surface area contributed by atoms with Crippen molar-refractivity contribution in [2.24, 2.45) is 0 Å². The Kier molecular flexibility index (Phi) is 6.55. The predicted octanol–water partition coefficient (Wildman–Crippen LogP) is 3.03. The van der Waals surface area contributed by atoms with Crippen molar-refractivity contribution in [2.75, 3.05) is 25.2 Å². The highest BCUT2D eigenvalue weighted by atomic mass is 32.2. The summed E-state index contributed by atoms with van der Waals surface area (Å²) in [6.45, 7) is 2.82. The van der Waals surface area contributed by atoms with Crippen molar-refractivity contribution in [3.8, 4) is 11.5 Å². The van der Waals surface area contributed by atoms with Crippen molar-refractivity contribution < 1.29 is 14.3 Å². The number of hydrogen-bond donors (Lipinski definition) is 0. The van der Waals surface area contributed by atoms with Crippen LogP contribution in [0.3, 0.4) is 0 Å². The van der Waals surface area contributed by atoms with E-state index in [0.717, 1.165) is 24.2 Å². The number of thioether (sulfide) groups is 1. The number of carbonyl (C=O) groups is 1. The van der Waals surface area contributed by atoms with E-state index in [-0.39, 0.29) is 0 Å². The molecule has 3 nitrogen and oxygen atoms in total. The normalized spacial score (nSPS) is 10.0. The lowest BCUT2D eigenvalue weighted by atomic mass is 10.2. The minimum atomic E-state index is 0.593. The van der Waals surface area contributed by atoms with Crippen molar-refractivity contribution in [3.05, 3.63) is 23.8 Å². The average Bonchev–Trinajstić information content (AvgIpc) is 2.38. The van der Waals surface area contributed by atoms with Gasteiger partial charge in [0.05, 0.1) is 13.7 Å². The summed E-state index contributed by atoms with van der Waals surface area (Å²) in [6, 6.07) is 5.18. The number of rotatable bonds is 8. The molecule has 0 saturated carbocycles. The second-order valence-electron chi connectivity index (χ2n) is 3.43.